The number of amides is 1. The standard InChI is InChI=1S/C19H22N4O2S/c1-5-25-15-8-6-14(7-9-15)17-13(4)26-19(21-17)22-18(24)16-10-11-20-23(16)12(2)3/h6-12H,5H2,1-4H3,(H,21,22,24). The van der Waals surface area contributed by atoms with Gasteiger partial charge in [-0.1, -0.05) is 0 Å². The summed E-state index contributed by atoms with van der Waals surface area (Å²) in [5.74, 6) is 0.628. The van der Waals surface area contributed by atoms with E-state index in [1.165, 1.54) is 11.3 Å². The fraction of sp³-hybridized carbons (Fsp3) is 0.316. The summed E-state index contributed by atoms with van der Waals surface area (Å²) in [6.45, 7) is 8.57. The highest BCUT2D eigenvalue weighted by molar-refractivity contribution is 7.16. The van der Waals surface area contributed by atoms with Gasteiger partial charge in [-0.15, -0.1) is 11.3 Å². The molecule has 6 nitrogen and oxygen atoms in total. The first kappa shape index (κ1) is 18.1. The fourth-order valence-electron chi connectivity index (χ4n) is 2.66. The van der Waals surface area contributed by atoms with Crippen molar-refractivity contribution in [3.8, 4) is 17.0 Å². The molecule has 0 saturated heterocycles. The van der Waals surface area contributed by atoms with E-state index in [0.29, 0.717) is 17.4 Å². The normalized spacial score (nSPS) is 11.0. The lowest BCUT2D eigenvalue weighted by atomic mass is 10.1. The molecule has 3 rings (SSSR count). The molecule has 0 fully saturated rings. The van der Waals surface area contributed by atoms with Gasteiger partial charge in [-0.2, -0.15) is 5.10 Å². The number of rotatable bonds is 6. The maximum absolute atomic E-state index is 12.6. The van der Waals surface area contributed by atoms with Crippen molar-refractivity contribution < 1.29 is 9.53 Å². The molecule has 26 heavy (non-hydrogen) atoms. The van der Waals surface area contributed by atoms with Crippen LogP contribution < -0.4 is 10.1 Å². The van der Waals surface area contributed by atoms with Crippen molar-refractivity contribution in [2.45, 2.75) is 33.7 Å². The zero-order valence-electron chi connectivity index (χ0n) is 15.3. The lowest BCUT2D eigenvalue weighted by molar-refractivity contribution is 0.101. The molecule has 0 bridgehead atoms. The van der Waals surface area contributed by atoms with Crippen molar-refractivity contribution in [2.75, 3.05) is 11.9 Å². The minimum atomic E-state index is -0.205. The zero-order valence-corrected chi connectivity index (χ0v) is 16.1. The Morgan fingerprint density at radius 3 is 2.65 bits per heavy atom. The number of nitrogens with zero attached hydrogens (tertiary/aromatic N) is 3. The van der Waals surface area contributed by atoms with Gasteiger partial charge in [-0.05, 0) is 58.0 Å². The van der Waals surface area contributed by atoms with Crippen LogP contribution in [0.2, 0.25) is 0 Å². The number of carbonyl (C=O) groups is 1. The maximum atomic E-state index is 12.6. The largest absolute Gasteiger partial charge is 0.494 e. The molecule has 2 heterocycles. The molecule has 0 atom stereocenters. The van der Waals surface area contributed by atoms with Crippen LogP contribution in [0.5, 0.6) is 5.75 Å². The van der Waals surface area contributed by atoms with E-state index in [1.807, 2.05) is 52.0 Å². The van der Waals surface area contributed by atoms with Gasteiger partial charge in [-0.3, -0.25) is 14.8 Å². The first-order valence-corrected chi connectivity index (χ1v) is 9.36. The fourth-order valence-corrected chi connectivity index (χ4v) is 3.49. The maximum Gasteiger partial charge on any atom is 0.275 e. The van der Waals surface area contributed by atoms with Crippen molar-refractivity contribution in [3.63, 3.8) is 0 Å². The van der Waals surface area contributed by atoms with Crippen LogP contribution in [0.1, 0.15) is 42.2 Å². The van der Waals surface area contributed by atoms with Gasteiger partial charge in [0.05, 0.1) is 12.3 Å². The Bertz CT molecular complexity index is 897. The summed E-state index contributed by atoms with van der Waals surface area (Å²) in [7, 11) is 0. The molecule has 0 saturated carbocycles. The Kier molecular flexibility index (Phi) is 5.37. The van der Waals surface area contributed by atoms with Crippen LogP contribution in [0.3, 0.4) is 0 Å². The third-order valence-corrected chi connectivity index (χ3v) is 4.73. The Hall–Kier alpha value is -2.67. The number of aryl methyl sites for hydroxylation is 1. The summed E-state index contributed by atoms with van der Waals surface area (Å²) < 4.78 is 7.17. The van der Waals surface area contributed by atoms with Gasteiger partial charge >= 0.3 is 0 Å². The minimum Gasteiger partial charge on any atom is -0.494 e. The van der Waals surface area contributed by atoms with E-state index in [1.54, 1.807) is 16.9 Å². The van der Waals surface area contributed by atoms with Gasteiger partial charge < -0.3 is 4.74 Å². The van der Waals surface area contributed by atoms with Crippen LogP contribution in [-0.2, 0) is 0 Å². The molecule has 7 heteroatoms. The first-order chi connectivity index (χ1) is 12.5. The SMILES string of the molecule is CCOc1ccc(-c2nc(NC(=O)c3ccnn3C(C)C)sc2C)cc1. The molecule has 0 unspecified atom stereocenters. The number of anilines is 1. The summed E-state index contributed by atoms with van der Waals surface area (Å²) in [5.41, 5.74) is 2.39. The van der Waals surface area contributed by atoms with Crippen molar-refractivity contribution in [2.24, 2.45) is 0 Å². The van der Waals surface area contributed by atoms with E-state index in [-0.39, 0.29) is 11.9 Å². The highest BCUT2D eigenvalue weighted by Crippen LogP contribution is 2.31. The van der Waals surface area contributed by atoms with Gasteiger partial charge in [0.25, 0.3) is 5.91 Å². The summed E-state index contributed by atoms with van der Waals surface area (Å²) in [6.07, 6.45) is 1.63. The molecule has 0 aliphatic heterocycles. The number of hydrogen-bond acceptors (Lipinski definition) is 5. The van der Waals surface area contributed by atoms with Crippen molar-refractivity contribution in [3.05, 3.63) is 47.1 Å². The Morgan fingerprint density at radius 1 is 1.27 bits per heavy atom. The van der Waals surface area contributed by atoms with E-state index in [4.69, 9.17) is 4.74 Å². The number of carbonyl (C=O) groups excluding carboxylic acids is 1. The summed E-state index contributed by atoms with van der Waals surface area (Å²) in [4.78, 5) is 18.2. The van der Waals surface area contributed by atoms with Gasteiger partial charge in [0.2, 0.25) is 0 Å². The molecule has 0 radical (unpaired) electrons. The molecule has 0 aliphatic carbocycles. The summed E-state index contributed by atoms with van der Waals surface area (Å²) in [6, 6.07) is 9.64. The number of thiazole rings is 1. The first-order valence-electron chi connectivity index (χ1n) is 8.55. The van der Waals surface area contributed by atoms with E-state index in [2.05, 4.69) is 15.4 Å². The van der Waals surface area contributed by atoms with Crippen molar-refractivity contribution in [1.82, 2.24) is 14.8 Å². The summed E-state index contributed by atoms with van der Waals surface area (Å²) in [5, 5.41) is 7.66. The Balaban J connectivity index is 1.79. The van der Waals surface area contributed by atoms with Gasteiger partial charge in [0.1, 0.15) is 11.4 Å². The molecule has 136 valence electrons. The zero-order chi connectivity index (χ0) is 18.7. The monoisotopic (exact) mass is 370 g/mol. The lowest BCUT2D eigenvalue weighted by Gasteiger charge is -2.09. The van der Waals surface area contributed by atoms with E-state index in [9.17, 15) is 4.79 Å². The molecule has 1 N–H and O–H groups in total. The van der Waals surface area contributed by atoms with Crippen LogP contribution in [0.4, 0.5) is 5.13 Å². The van der Waals surface area contributed by atoms with Crippen LogP contribution >= 0.6 is 11.3 Å². The van der Waals surface area contributed by atoms with Gasteiger partial charge in [0, 0.05) is 22.7 Å². The number of benzene rings is 1. The molecule has 3 aromatic rings. The molecule has 2 aromatic heterocycles. The molecule has 1 amide bonds. The minimum absolute atomic E-state index is 0.114. The van der Waals surface area contributed by atoms with E-state index in [0.717, 1.165) is 21.9 Å². The van der Waals surface area contributed by atoms with Crippen LogP contribution in [0.15, 0.2) is 36.5 Å². The van der Waals surface area contributed by atoms with Crippen LogP contribution in [-0.4, -0.2) is 27.3 Å². The molecule has 1 aromatic carbocycles. The number of ether oxygens (including phenoxy) is 1. The number of hydrogen-bond donors (Lipinski definition) is 1. The number of aromatic nitrogens is 3. The second-order valence-electron chi connectivity index (χ2n) is 6.09. The highest BCUT2D eigenvalue weighted by atomic mass is 32.1. The van der Waals surface area contributed by atoms with Crippen LogP contribution in [0, 0.1) is 6.92 Å². The average Bonchev–Trinajstić information content (AvgIpc) is 3.23. The van der Waals surface area contributed by atoms with Crippen molar-refractivity contribution in [1.29, 1.82) is 0 Å². The molecular formula is C19H22N4O2S. The third-order valence-electron chi connectivity index (χ3n) is 3.85. The number of nitrogens with one attached hydrogen (secondary N) is 1. The van der Waals surface area contributed by atoms with Crippen LogP contribution in [0.25, 0.3) is 11.3 Å². The highest BCUT2D eigenvalue weighted by Gasteiger charge is 2.17. The molecule has 0 spiro atoms. The van der Waals surface area contributed by atoms with Crippen molar-refractivity contribution >= 4 is 22.4 Å². The Labute approximate surface area is 156 Å². The lowest BCUT2D eigenvalue weighted by Crippen LogP contribution is -2.18. The predicted octanol–water partition coefficient (Wildman–Crippen LogP) is 4.55. The predicted molar refractivity (Wildman–Crippen MR) is 104 cm³/mol. The molecule has 0 aliphatic rings. The van der Waals surface area contributed by atoms with Gasteiger partial charge in [0.15, 0.2) is 5.13 Å². The Morgan fingerprint density at radius 2 is 2.00 bits per heavy atom. The molecular weight excluding hydrogens is 348 g/mol. The average molecular weight is 370 g/mol. The second kappa shape index (κ2) is 7.70. The van der Waals surface area contributed by atoms with E-state index >= 15 is 0 Å². The summed E-state index contributed by atoms with van der Waals surface area (Å²) >= 11 is 1.46. The van der Waals surface area contributed by atoms with Gasteiger partial charge in [-0.25, -0.2) is 4.98 Å². The third kappa shape index (κ3) is 3.77. The van der Waals surface area contributed by atoms with E-state index < -0.39 is 0 Å². The quantitative estimate of drug-likeness (QED) is 0.691. The second-order valence-corrected chi connectivity index (χ2v) is 7.29. The topological polar surface area (TPSA) is 69.0 Å². The smallest absolute Gasteiger partial charge is 0.275 e.